The maximum atomic E-state index is 12.1. The SMILES string of the molecule is CCSC1CCC(N(C)CCC(=O)N2CCOCC2)C1. The van der Waals surface area contributed by atoms with Crippen molar-refractivity contribution in [3.05, 3.63) is 0 Å². The van der Waals surface area contributed by atoms with Gasteiger partial charge in [-0.15, -0.1) is 0 Å². The Balaban J connectivity index is 1.67. The molecule has 4 nitrogen and oxygen atoms in total. The summed E-state index contributed by atoms with van der Waals surface area (Å²) >= 11 is 2.09. The van der Waals surface area contributed by atoms with Gasteiger partial charge in [0.2, 0.25) is 5.91 Å². The van der Waals surface area contributed by atoms with Crippen LogP contribution in [0.5, 0.6) is 0 Å². The van der Waals surface area contributed by atoms with E-state index in [9.17, 15) is 4.79 Å². The average Bonchev–Trinajstić information content (AvgIpc) is 2.94. The third-order valence-corrected chi connectivity index (χ3v) is 5.66. The molecule has 0 aromatic heterocycles. The lowest BCUT2D eigenvalue weighted by Crippen LogP contribution is -2.42. The second-order valence-corrected chi connectivity index (χ2v) is 7.35. The van der Waals surface area contributed by atoms with Gasteiger partial charge in [0.15, 0.2) is 0 Å². The van der Waals surface area contributed by atoms with E-state index in [2.05, 4.69) is 30.6 Å². The summed E-state index contributed by atoms with van der Waals surface area (Å²) in [5.41, 5.74) is 0. The van der Waals surface area contributed by atoms with Crippen molar-refractivity contribution in [1.82, 2.24) is 9.80 Å². The molecule has 1 saturated carbocycles. The van der Waals surface area contributed by atoms with Gasteiger partial charge in [-0.3, -0.25) is 4.79 Å². The highest BCUT2D eigenvalue weighted by Gasteiger charge is 2.27. The molecule has 1 aliphatic heterocycles. The molecule has 0 spiro atoms. The van der Waals surface area contributed by atoms with Crippen LogP contribution in [0.2, 0.25) is 0 Å². The number of nitrogens with zero attached hydrogens (tertiary/aromatic N) is 2. The number of hydrogen-bond donors (Lipinski definition) is 0. The first kappa shape index (κ1) is 16.1. The highest BCUT2D eigenvalue weighted by molar-refractivity contribution is 7.99. The van der Waals surface area contributed by atoms with Gasteiger partial charge in [-0.1, -0.05) is 6.92 Å². The Morgan fingerprint density at radius 3 is 2.80 bits per heavy atom. The monoisotopic (exact) mass is 300 g/mol. The van der Waals surface area contributed by atoms with E-state index in [1.807, 2.05) is 4.90 Å². The lowest BCUT2D eigenvalue weighted by molar-refractivity contribution is -0.135. The van der Waals surface area contributed by atoms with E-state index in [0.29, 0.717) is 25.7 Å². The van der Waals surface area contributed by atoms with E-state index in [-0.39, 0.29) is 5.91 Å². The van der Waals surface area contributed by atoms with Crippen molar-refractivity contribution in [3.8, 4) is 0 Å². The Kier molecular flexibility index (Phi) is 6.65. The first-order chi connectivity index (χ1) is 9.70. The summed E-state index contributed by atoms with van der Waals surface area (Å²) < 4.78 is 5.28. The van der Waals surface area contributed by atoms with E-state index in [1.165, 1.54) is 25.0 Å². The molecule has 0 radical (unpaired) electrons. The van der Waals surface area contributed by atoms with Gasteiger partial charge in [0.05, 0.1) is 13.2 Å². The number of amides is 1. The maximum absolute atomic E-state index is 12.1. The van der Waals surface area contributed by atoms with Gasteiger partial charge >= 0.3 is 0 Å². The number of carbonyl (C=O) groups is 1. The minimum atomic E-state index is 0.289. The second-order valence-electron chi connectivity index (χ2n) is 5.77. The van der Waals surface area contributed by atoms with Crippen LogP contribution >= 0.6 is 11.8 Å². The highest BCUT2D eigenvalue weighted by Crippen LogP contribution is 2.32. The van der Waals surface area contributed by atoms with Crippen molar-refractivity contribution in [1.29, 1.82) is 0 Å². The van der Waals surface area contributed by atoms with E-state index in [4.69, 9.17) is 4.74 Å². The zero-order valence-electron chi connectivity index (χ0n) is 12.8. The number of thioether (sulfide) groups is 1. The molecule has 0 aromatic rings. The first-order valence-corrected chi connectivity index (χ1v) is 8.93. The predicted molar refractivity (Wildman–Crippen MR) is 84.2 cm³/mol. The average molecular weight is 300 g/mol. The van der Waals surface area contributed by atoms with Gasteiger partial charge < -0.3 is 14.5 Å². The predicted octanol–water partition coefficient (Wildman–Crippen LogP) is 1.84. The van der Waals surface area contributed by atoms with Gasteiger partial charge in [0.25, 0.3) is 0 Å². The third-order valence-electron chi connectivity index (χ3n) is 4.42. The van der Waals surface area contributed by atoms with Crippen LogP contribution in [0, 0.1) is 0 Å². The molecule has 1 saturated heterocycles. The van der Waals surface area contributed by atoms with Gasteiger partial charge in [0.1, 0.15) is 0 Å². The molecule has 1 aliphatic carbocycles. The molecule has 1 amide bonds. The van der Waals surface area contributed by atoms with Crippen LogP contribution in [-0.4, -0.2) is 72.6 Å². The Hall–Kier alpha value is -0.260. The number of morpholine rings is 1. The molecule has 0 aromatic carbocycles. The molecule has 2 fully saturated rings. The number of hydrogen-bond acceptors (Lipinski definition) is 4. The largest absolute Gasteiger partial charge is 0.378 e. The molecular formula is C15H28N2O2S. The summed E-state index contributed by atoms with van der Waals surface area (Å²) in [6.45, 7) is 6.05. The van der Waals surface area contributed by atoms with E-state index in [0.717, 1.165) is 24.9 Å². The zero-order valence-corrected chi connectivity index (χ0v) is 13.7. The maximum Gasteiger partial charge on any atom is 0.224 e. The van der Waals surface area contributed by atoms with E-state index in [1.54, 1.807) is 0 Å². The van der Waals surface area contributed by atoms with Crippen LogP contribution in [0.4, 0.5) is 0 Å². The summed E-state index contributed by atoms with van der Waals surface area (Å²) in [7, 11) is 2.18. The molecule has 5 heteroatoms. The lowest BCUT2D eigenvalue weighted by Gasteiger charge is -2.29. The standard InChI is InChI=1S/C15H28N2O2S/c1-3-20-14-5-4-13(12-14)16(2)7-6-15(18)17-8-10-19-11-9-17/h13-14H,3-12H2,1-2H3. The quantitative estimate of drug-likeness (QED) is 0.749. The summed E-state index contributed by atoms with van der Waals surface area (Å²) in [4.78, 5) is 16.5. The smallest absolute Gasteiger partial charge is 0.224 e. The van der Waals surface area contributed by atoms with Gasteiger partial charge in [-0.05, 0) is 32.1 Å². The summed E-state index contributed by atoms with van der Waals surface area (Å²) in [5, 5.41) is 0.836. The van der Waals surface area contributed by atoms with Crippen LogP contribution in [0.25, 0.3) is 0 Å². The zero-order chi connectivity index (χ0) is 14.4. The van der Waals surface area contributed by atoms with Crippen molar-refractivity contribution in [2.75, 3.05) is 45.6 Å². The molecular weight excluding hydrogens is 272 g/mol. The van der Waals surface area contributed by atoms with Crippen LogP contribution in [0.3, 0.4) is 0 Å². The highest BCUT2D eigenvalue weighted by atomic mass is 32.2. The molecule has 0 N–H and O–H groups in total. The number of rotatable bonds is 6. The minimum absolute atomic E-state index is 0.289. The first-order valence-electron chi connectivity index (χ1n) is 7.88. The fourth-order valence-electron chi connectivity index (χ4n) is 3.13. The molecule has 1 heterocycles. The normalized spacial score (nSPS) is 27.2. The summed E-state index contributed by atoms with van der Waals surface area (Å²) in [5.74, 6) is 1.51. The molecule has 20 heavy (non-hydrogen) atoms. The van der Waals surface area contributed by atoms with Gasteiger partial charge in [-0.25, -0.2) is 0 Å². The Labute approximate surface area is 127 Å². The summed E-state index contributed by atoms with van der Waals surface area (Å²) in [6.07, 6.45) is 4.57. The topological polar surface area (TPSA) is 32.8 Å². The fraction of sp³-hybridized carbons (Fsp3) is 0.933. The lowest BCUT2D eigenvalue weighted by atomic mass is 10.2. The van der Waals surface area contributed by atoms with Gasteiger partial charge in [-0.2, -0.15) is 11.8 Å². The van der Waals surface area contributed by atoms with Crippen molar-refractivity contribution < 1.29 is 9.53 Å². The van der Waals surface area contributed by atoms with Crippen molar-refractivity contribution in [2.45, 2.75) is 43.9 Å². The summed E-state index contributed by atoms with van der Waals surface area (Å²) in [6, 6.07) is 0.677. The molecule has 2 aliphatic rings. The Morgan fingerprint density at radius 1 is 1.35 bits per heavy atom. The van der Waals surface area contributed by atoms with E-state index >= 15 is 0 Å². The number of carbonyl (C=O) groups excluding carboxylic acids is 1. The number of ether oxygens (including phenoxy) is 1. The van der Waals surface area contributed by atoms with Crippen LogP contribution in [-0.2, 0) is 9.53 Å². The van der Waals surface area contributed by atoms with E-state index < -0.39 is 0 Å². The molecule has 116 valence electrons. The van der Waals surface area contributed by atoms with Crippen molar-refractivity contribution in [2.24, 2.45) is 0 Å². The van der Waals surface area contributed by atoms with Crippen molar-refractivity contribution in [3.63, 3.8) is 0 Å². The molecule has 0 bridgehead atoms. The fourth-order valence-corrected chi connectivity index (χ4v) is 4.26. The van der Waals surface area contributed by atoms with Crippen LogP contribution in [0.1, 0.15) is 32.6 Å². The third kappa shape index (κ3) is 4.64. The van der Waals surface area contributed by atoms with Gasteiger partial charge in [0, 0.05) is 37.3 Å². The second kappa shape index (κ2) is 8.25. The molecule has 2 unspecified atom stereocenters. The van der Waals surface area contributed by atoms with Crippen LogP contribution < -0.4 is 0 Å². The Bertz CT molecular complexity index is 308. The van der Waals surface area contributed by atoms with Crippen LogP contribution in [0.15, 0.2) is 0 Å². The minimum Gasteiger partial charge on any atom is -0.378 e. The Morgan fingerprint density at radius 2 is 2.10 bits per heavy atom. The molecule has 2 rings (SSSR count). The molecule has 2 atom stereocenters. The van der Waals surface area contributed by atoms with Crippen molar-refractivity contribution >= 4 is 17.7 Å².